The smallest absolute Gasteiger partial charge is 0.342 e. The van der Waals surface area contributed by atoms with E-state index in [1.807, 2.05) is 0 Å². The zero-order chi connectivity index (χ0) is 14.8. The highest BCUT2D eigenvalue weighted by Crippen LogP contribution is 2.22. The van der Waals surface area contributed by atoms with Crippen LogP contribution < -0.4 is 0 Å². The summed E-state index contributed by atoms with van der Waals surface area (Å²) in [6.07, 6.45) is 0. The molecule has 0 heterocycles. The predicted molar refractivity (Wildman–Crippen MR) is 72.2 cm³/mol. The second-order valence-corrected chi connectivity index (χ2v) is 5.33. The maximum Gasteiger partial charge on any atom is 0.342 e. The van der Waals surface area contributed by atoms with Gasteiger partial charge in [0, 0.05) is 0 Å². The number of phenolic OH excluding ortho intramolecular Hbond substituents is 1. The van der Waals surface area contributed by atoms with Crippen molar-refractivity contribution < 1.29 is 19.4 Å². The highest BCUT2D eigenvalue weighted by atomic mass is 16.6. The third-order valence-electron chi connectivity index (χ3n) is 2.32. The molecule has 0 bridgehead atoms. The van der Waals surface area contributed by atoms with Crippen LogP contribution in [0.3, 0.4) is 0 Å². The number of esters is 1. The lowest BCUT2D eigenvalue weighted by Gasteiger charge is -2.19. The van der Waals surface area contributed by atoms with Crippen LogP contribution in [0.2, 0.25) is 0 Å². The van der Waals surface area contributed by atoms with Crippen molar-refractivity contribution in [1.82, 2.24) is 0 Å². The van der Waals surface area contributed by atoms with Gasteiger partial charge in [0.2, 0.25) is 5.78 Å². The molecule has 1 rings (SSSR count). The van der Waals surface area contributed by atoms with Crippen LogP contribution >= 0.6 is 0 Å². The Bertz CT molecular complexity index is 536. The molecule has 0 saturated heterocycles. The molecule has 0 aliphatic rings. The van der Waals surface area contributed by atoms with Crippen LogP contribution in [-0.4, -0.2) is 22.5 Å². The molecule has 4 nitrogen and oxygen atoms in total. The predicted octanol–water partition coefficient (Wildman–Crippen LogP) is 2.78. The Morgan fingerprint density at radius 3 is 2.32 bits per heavy atom. The summed E-state index contributed by atoms with van der Waals surface area (Å²) in [6, 6.07) is 4.59. The lowest BCUT2D eigenvalue weighted by atomic mass is 10.0. The van der Waals surface area contributed by atoms with Gasteiger partial charge in [-0.25, -0.2) is 4.79 Å². The molecule has 1 aromatic rings. The SMILES string of the molecule is C=C(C(=O)OC(C)(C)C)C(=O)c1ccc(C)cc1O. The number of hydrogen-bond acceptors (Lipinski definition) is 4. The maximum atomic E-state index is 12.0. The summed E-state index contributed by atoms with van der Waals surface area (Å²) in [5, 5.41) is 9.71. The highest BCUT2D eigenvalue weighted by molar-refractivity contribution is 6.24. The van der Waals surface area contributed by atoms with Crippen molar-refractivity contribution in [2.45, 2.75) is 33.3 Å². The van der Waals surface area contributed by atoms with Crippen molar-refractivity contribution >= 4 is 11.8 Å². The Balaban J connectivity index is 2.94. The van der Waals surface area contributed by atoms with Gasteiger partial charge in [-0.1, -0.05) is 12.6 Å². The molecule has 4 heteroatoms. The number of aromatic hydroxyl groups is 1. The van der Waals surface area contributed by atoms with Gasteiger partial charge >= 0.3 is 5.97 Å². The number of hydrogen-bond donors (Lipinski definition) is 1. The van der Waals surface area contributed by atoms with Crippen molar-refractivity contribution in [3.63, 3.8) is 0 Å². The van der Waals surface area contributed by atoms with Gasteiger partial charge in [-0.05, 0) is 45.4 Å². The Hall–Kier alpha value is -2.10. The number of benzene rings is 1. The van der Waals surface area contributed by atoms with E-state index < -0.39 is 17.4 Å². The van der Waals surface area contributed by atoms with Crippen LogP contribution in [0.5, 0.6) is 5.75 Å². The van der Waals surface area contributed by atoms with Crippen molar-refractivity contribution in [1.29, 1.82) is 0 Å². The molecule has 0 amide bonds. The van der Waals surface area contributed by atoms with Gasteiger partial charge in [-0.3, -0.25) is 4.79 Å². The Labute approximate surface area is 112 Å². The van der Waals surface area contributed by atoms with Crippen molar-refractivity contribution in [3.8, 4) is 5.75 Å². The van der Waals surface area contributed by atoms with E-state index >= 15 is 0 Å². The molecule has 102 valence electrons. The largest absolute Gasteiger partial charge is 0.507 e. The number of carbonyl (C=O) groups is 2. The van der Waals surface area contributed by atoms with Crippen LogP contribution in [0, 0.1) is 6.92 Å². The molecule has 0 aromatic heterocycles. The lowest BCUT2D eigenvalue weighted by Crippen LogP contribution is -2.26. The Kier molecular flexibility index (Phi) is 4.14. The van der Waals surface area contributed by atoms with E-state index in [0.29, 0.717) is 0 Å². The zero-order valence-corrected chi connectivity index (χ0v) is 11.6. The first-order chi connectivity index (χ1) is 8.61. The minimum atomic E-state index is -0.780. The quantitative estimate of drug-likeness (QED) is 0.299. The fraction of sp³-hybridized carbons (Fsp3) is 0.333. The first-order valence-electron chi connectivity index (χ1n) is 5.88. The van der Waals surface area contributed by atoms with E-state index in [1.165, 1.54) is 12.1 Å². The van der Waals surface area contributed by atoms with Crippen molar-refractivity contribution in [2.75, 3.05) is 0 Å². The Morgan fingerprint density at radius 2 is 1.84 bits per heavy atom. The molecular formula is C15H18O4. The Morgan fingerprint density at radius 1 is 1.26 bits per heavy atom. The van der Waals surface area contributed by atoms with Gasteiger partial charge < -0.3 is 9.84 Å². The molecule has 0 saturated carbocycles. The second kappa shape index (κ2) is 5.26. The molecule has 0 aliphatic heterocycles. The fourth-order valence-electron chi connectivity index (χ4n) is 1.43. The minimum absolute atomic E-state index is 0.0430. The van der Waals surface area contributed by atoms with Crippen molar-refractivity contribution in [3.05, 3.63) is 41.5 Å². The number of phenols is 1. The second-order valence-electron chi connectivity index (χ2n) is 5.33. The fourth-order valence-corrected chi connectivity index (χ4v) is 1.43. The zero-order valence-electron chi connectivity index (χ0n) is 11.6. The van der Waals surface area contributed by atoms with Gasteiger partial charge in [-0.2, -0.15) is 0 Å². The van der Waals surface area contributed by atoms with Crippen LogP contribution in [0.25, 0.3) is 0 Å². The highest BCUT2D eigenvalue weighted by Gasteiger charge is 2.25. The van der Waals surface area contributed by atoms with E-state index in [0.717, 1.165) is 5.56 Å². The maximum absolute atomic E-state index is 12.0. The molecule has 19 heavy (non-hydrogen) atoms. The third-order valence-corrected chi connectivity index (χ3v) is 2.32. The number of aryl methyl sites for hydroxylation is 1. The van der Waals surface area contributed by atoms with Crippen LogP contribution in [0.1, 0.15) is 36.7 Å². The normalized spacial score (nSPS) is 10.9. The van der Waals surface area contributed by atoms with E-state index in [-0.39, 0.29) is 16.9 Å². The topological polar surface area (TPSA) is 63.6 Å². The van der Waals surface area contributed by atoms with Gasteiger partial charge in [0.1, 0.15) is 16.9 Å². The monoisotopic (exact) mass is 262 g/mol. The van der Waals surface area contributed by atoms with E-state index in [1.54, 1.807) is 33.8 Å². The summed E-state index contributed by atoms with van der Waals surface area (Å²) in [6.45, 7) is 10.3. The van der Waals surface area contributed by atoms with Crippen molar-refractivity contribution in [2.24, 2.45) is 0 Å². The third kappa shape index (κ3) is 3.95. The summed E-state index contributed by atoms with van der Waals surface area (Å²) in [4.78, 5) is 23.8. The van der Waals surface area contributed by atoms with Crippen LogP contribution in [0.4, 0.5) is 0 Å². The number of ketones is 1. The van der Waals surface area contributed by atoms with E-state index in [2.05, 4.69) is 6.58 Å². The molecular weight excluding hydrogens is 244 g/mol. The molecule has 1 N–H and O–H groups in total. The summed E-state index contributed by atoms with van der Waals surface area (Å²) < 4.78 is 5.06. The molecule has 1 aromatic carbocycles. The lowest BCUT2D eigenvalue weighted by molar-refractivity contribution is -0.149. The molecule has 0 unspecified atom stereocenters. The first-order valence-corrected chi connectivity index (χ1v) is 5.88. The number of carbonyl (C=O) groups excluding carboxylic acids is 2. The van der Waals surface area contributed by atoms with Crippen LogP contribution in [-0.2, 0) is 9.53 Å². The molecule has 0 radical (unpaired) electrons. The average Bonchev–Trinajstić information content (AvgIpc) is 2.24. The molecule has 0 fully saturated rings. The van der Waals surface area contributed by atoms with Crippen LogP contribution in [0.15, 0.2) is 30.4 Å². The van der Waals surface area contributed by atoms with E-state index in [9.17, 15) is 14.7 Å². The van der Waals surface area contributed by atoms with E-state index in [4.69, 9.17) is 4.74 Å². The average molecular weight is 262 g/mol. The number of ether oxygens (including phenoxy) is 1. The standard InChI is InChI=1S/C15H18O4/c1-9-6-7-11(12(16)8-9)13(17)10(2)14(18)19-15(3,4)5/h6-8,16H,2H2,1,3-5H3. The molecule has 0 spiro atoms. The summed E-state index contributed by atoms with van der Waals surface area (Å²) in [7, 11) is 0. The summed E-state index contributed by atoms with van der Waals surface area (Å²) in [5.74, 6) is -1.58. The summed E-state index contributed by atoms with van der Waals surface area (Å²) in [5.41, 5.74) is -0.136. The molecule has 0 aliphatic carbocycles. The van der Waals surface area contributed by atoms with Gasteiger partial charge in [0.05, 0.1) is 5.56 Å². The number of Topliss-reactive ketones (excluding diaryl/α,β-unsaturated/α-hetero) is 1. The van der Waals surface area contributed by atoms with Gasteiger partial charge in [0.25, 0.3) is 0 Å². The molecule has 0 atom stereocenters. The summed E-state index contributed by atoms with van der Waals surface area (Å²) >= 11 is 0. The first kappa shape index (κ1) is 15.0. The minimum Gasteiger partial charge on any atom is -0.507 e. The van der Waals surface area contributed by atoms with Gasteiger partial charge in [-0.15, -0.1) is 0 Å². The number of rotatable bonds is 3. The van der Waals surface area contributed by atoms with Gasteiger partial charge in [0.15, 0.2) is 0 Å².